The zero-order chi connectivity index (χ0) is 22.5. The summed E-state index contributed by atoms with van der Waals surface area (Å²) in [5.74, 6) is 1.61. The highest BCUT2D eigenvalue weighted by Gasteiger charge is 2.38. The van der Waals surface area contributed by atoms with Crippen molar-refractivity contribution in [3.63, 3.8) is 0 Å². The van der Waals surface area contributed by atoms with Crippen LogP contribution in [0.1, 0.15) is 35.4 Å². The molecule has 3 aromatic carbocycles. The van der Waals surface area contributed by atoms with E-state index in [1.165, 1.54) is 5.56 Å². The number of benzene rings is 3. The van der Waals surface area contributed by atoms with Crippen LogP contribution >= 0.6 is 11.8 Å². The van der Waals surface area contributed by atoms with Crippen LogP contribution in [0.25, 0.3) is 6.08 Å². The first kappa shape index (κ1) is 22.0. The van der Waals surface area contributed by atoms with Gasteiger partial charge in [0.1, 0.15) is 16.9 Å². The van der Waals surface area contributed by atoms with Gasteiger partial charge in [-0.15, -0.1) is 0 Å². The number of amides is 1. The van der Waals surface area contributed by atoms with E-state index in [4.69, 9.17) is 9.47 Å². The Morgan fingerprint density at radius 3 is 2.22 bits per heavy atom. The maximum absolute atomic E-state index is 13.5. The average Bonchev–Trinajstić information content (AvgIpc) is 3.15. The van der Waals surface area contributed by atoms with Crippen LogP contribution in [0.2, 0.25) is 0 Å². The van der Waals surface area contributed by atoms with Crippen LogP contribution in [-0.4, -0.2) is 19.6 Å². The zero-order valence-corrected chi connectivity index (χ0v) is 19.4. The molecule has 0 spiro atoms. The van der Waals surface area contributed by atoms with Crippen molar-refractivity contribution >= 4 is 29.4 Å². The molecule has 0 aromatic heterocycles. The third-order valence-electron chi connectivity index (χ3n) is 5.27. The van der Waals surface area contributed by atoms with E-state index in [0.29, 0.717) is 11.5 Å². The van der Waals surface area contributed by atoms with Gasteiger partial charge in [-0.2, -0.15) is 0 Å². The molecule has 4 rings (SSSR count). The highest BCUT2D eigenvalue weighted by Crippen LogP contribution is 2.48. The minimum absolute atomic E-state index is 0.00273. The summed E-state index contributed by atoms with van der Waals surface area (Å²) in [4.78, 5) is 16.1. The molecule has 0 N–H and O–H groups in total. The Labute approximate surface area is 193 Å². The number of carbonyl (C=O) groups is 1. The van der Waals surface area contributed by atoms with Crippen LogP contribution in [0.5, 0.6) is 11.5 Å². The lowest BCUT2D eigenvalue weighted by Gasteiger charge is -2.24. The summed E-state index contributed by atoms with van der Waals surface area (Å²) >= 11 is 1.58. The molecule has 0 unspecified atom stereocenters. The smallest absolute Gasteiger partial charge is 0.266 e. The van der Waals surface area contributed by atoms with E-state index < -0.39 is 0 Å². The van der Waals surface area contributed by atoms with Crippen molar-refractivity contribution in [2.24, 2.45) is 0 Å². The van der Waals surface area contributed by atoms with Gasteiger partial charge in [-0.3, -0.25) is 9.69 Å². The van der Waals surface area contributed by atoms with E-state index in [1.54, 1.807) is 18.9 Å². The number of carbonyl (C=O) groups excluding carboxylic acids is 1. The Balaban J connectivity index is 1.66. The van der Waals surface area contributed by atoms with Crippen LogP contribution in [0.4, 0.5) is 5.69 Å². The first-order valence-corrected chi connectivity index (χ1v) is 11.6. The minimum Gasteiger partial charge on any atom is -0.497 e. The maximum Gasteiger partial charge on any atom is 0.266 e. The van der Waals surface area contributed by atoms with E-state index in [2.05, 4.69) is 38.1 Å². The monoisotopic (exact) mass is 445 g/mol. The van der Waals surface area contributed by atoms with Crippen LogP contribution in [0, 0.1) is 6.92 Å². The number of nitrogens with zero attached hydrogens (tertiary/aromatic N) is 1. The summed E-state index contributed by atoms with van der Waals surface area (Å²) in [7, 11) is 1.64. The molecule has 0 radical (unpaired) electrons. The molecule has 1 atom stereocenters. The van der Waals surface area contributed by atoms with Gasteiger partial charge in [0.25, 0.3) is 5.91 Å². The number of ether oxygens (including phenoxy) is 2. The van der Waals surface area contributed by atoms with Crippen LogP contribution in [0.15, 0.2) is 77.7 Å². The third kappa shape index (κ3) is 4.83. The fraction of sp³-hybridized carbons (Fsp3) is 0.222. The van der Waals surface area contributed by atoms with Crippen molar-refractivity contribution in [2.75, 3.05) is 18.6 Å². The molecule has 3 aromatic rings. The molecule has 1 aliphatic rings. The van der Waals surface area contributed by atoms with Crippen molar-refractivity contribution in [1.82, 2.24) is 0 Å². The van der Waals surface area contributed by atoms with Crippen molar-refractivity contribution in [1.29, 1.82) is 0 Å². The van der Waals surface area contributed by atoms with Gasteiger partial charge in [0, 0.05) is 5.69 Å². The predicted octanol–water partition coefficient (Wildman–Crippen LogP) is 6.61. The van der Waals surface area contributed by atoms with Crippen molar-refractivity contribution in [3.8, 4) is 11.5 Å². The van der Waals surface area contributed by atoms with Gasteiger partial charge >= 0.3 is 0 Å². The summed E-state index contributed by atoms with van der Waals surface area (Å²) in [6.45, 7) is 4.85. The van der Waals surface area contributed by atoms with Gasteiger partial charge in [0.2, 0.25) is 0 Å². The van der Waals surface area contributed by atoms with E-state index in [-0.39, 0.29) is 11.3 Å². The van der Waals surface area contributed by atoms with E-state index in [0.717, 1.165) is 34.7 Å². The summed E-state index contributed by atoms with van der Waals surface area (Å²) in [6, 6.07) is 23.9. The second kappa shape index (κ2) is 9.96. The van der Waals surface area contributed by atoms with Crippen LogP contribution in [-0.2, 0) is 4.79 Å². The second-order valence-corrected chi connectivity index (χ2v) is 8.80. The van der Waals surface area contributed by atoms with Gasteiger partial charge in [-0.05, 0) is 66.9 Å². The summed E-state index contributed by atoms with van der Waals surface area (Å²) < 4.78 is 11.0. The first-order valence-electron chi connectivity index (χ1n) is 10.7. The topological polar surface area (TPSA) is 38.8 Å². The molecule has 1 aliphatic heterocycles. The van der Waals surface area contributed by atoms with Crippen molar-refractivity contribution in [2.45, 2.75) is 25.6 Å². The highest BCUT2D eigenvalue weighted by molar-refractivity contribution is 8.05. The Hall–Kier alpha value is -3.18. The normalized spacial score (nSPS) is 17.1. The summed E-state index contributed by atoms with van der Waals surface area (Å²) in [5, 5.41) is -0.130. The SMILES string of the molecule is CCCOc1ccc(/C=C2/S[C@H](c3ccc(C)cc3)N(c3ccc(OC)cc3)C2=O)cc1. The Kier molecular flexibility index (Phi) is 6.86. The number of hydrogen-bond acceptors (Lipinski definition) is 4. The number of aryl methyl sites for hydroxylation is 1. The highest BCUT2D eigenvalue weighted by atomic mass is 32.2. The second-order valence-electron chi connectivity index (χ2n) is 7.68. The lowest BCUT2D eigenvalue weighted by molar-refractivity contribution is -0.114. The molecule has 164 valence electrons. The Morgan fingerprint density at radius 1 is 0.938 bits per heavy atom. The molecule has 1 saturated heterocycles. The maximum atomic E-state index is 13.5. The summed E-state index contributed by atoms with van der Waals surface area (Å²) in [6.07, 6.45) is 2.93. The fourth-order valence-electron chi connectivity index (χ4n) is 3.52. The predicted molar refractivity (Wildman–Crippen MR) is 132 cm³/mol. The third-order valence-corrected chi connectivity index (χ3v) is 6.52. The number of methoxy groups -OCH3 is 1. The van der Waals surface area contributed by atoms with E-state index in [1.807, 2.05) is 59.5 Å². The summed E-state index contributed by atoms with van der Waals surface area (Å²) in [5.41, 5.74) is 4.11. The molecule has 32 heavy (non-hydrogen) atoms. The molecule has 1 heterocycles. The average molecular weight is 446 g/mol. The number of thioether (sulfide) groups is 1. The van der Waals surface area contributed by atoms with E-state index in [9.17, 15) is 4.79 Å². The molecule has 1 fully saturated rings. The van der Waals surface area contributed by atoms with Crippen molar-refractivity contribution in [3.05, 3.63) is 94.4 Å². The molecule has 4 nitrogen and oxygen atoms in total. The van der Waals surface area contributed by atoms with Gasteiger partial charge < -0.3 is 9.47 Å². The largest absolute Gasteiger partial charge is 0.497 e. The molecule has 1 amide bonds. The Morgan fingerprint density at radius 2 is 1.59 bits per heavy atom. The quantitative estimate of drug-likeness (QED) is 0.384. The molecular formula is C27H27NO3S. The van der Waals surface area contributed by atoms with Gasteiger partial charge in [0.05, 0.1) is 18.6 Å². The Bertz CT molecular complexity index is 1090. The van der Waals surface area contributed by atoms with Gasteiger partial charge in [-0.25, -0.2) is 0 Å². The standard InChI is InChI=1S/C27H27NO3S/c1-4-17-31-24-13-7-20(8-14-24)18-25-26(29)28(22-11-15-23(30-3)16-12-22)27(32-25)21-9-5-19(2)6-10-21/h5-16,18,27H,4,17H2,1-3H3/b25-18+/t27-/m1/s1. The van der Waals surface area contributed by atoms with Crippen LogP contribution < -0.4 is 14.4 Å². The lowest BCUT2D eigenvalue weighted by atomic mass is 10.1. The van der Waals surface area contributed by atoms with E-state index >= 15 is 0 Å². The van der Waals surface area contributed by atoms with Crippen LogP contribution in [0.3, 0.4) is 0 Å². The van der Waals surface area contributed by atoms with Gasteiger partial charge in [-0.1, -0.05) is 60.6 Å². The molecule has 0 saturated carbocycles. The molecule has 5 heteroatoms. The number of rotatable bonds is 7. The fourth-order valence-corrected chi connectivity index (χ4v) is 4.78. The lowest BCUT2D eigenvalue weighted by Crippen LogP contribution is -2.27. The number of anilines is 1. The molecule has 0 aliphatic carbocycles. The zero-order valence-electron chi connectivity index (χ0n) is 18.6. The van der Waals surface area contributed by atoms with Gasteiger partial charge in [0.15, 0.2) is 0 Å². The molecule has 0 bridgehead atoms. The van der Waals surface area contributed by atoms with Crippen molar-refractivity contribution < 1.29 is 14.3 Å². The minimum atomic E-state index is -0.130. The number of hydrogen-bond donors (Lipinski definition) is 0. The first-order chi connectivity index (χ1) is 15.6. The molecular weight excluding hydrogens is 418 g/mol.